The summed E-state index contributed by atoms with van der Waals surface area (Å²) < 4.78 is 0. The third-order valence-corrected chi connectivity index (χ3v) is 5.36. The molecule has 1 aromatic rings. The summed E-state index contributed by atoms with van der Waals surface area (Å²) in [5, 5.41) is 0. The Hall–Kier alpha value is -1.11. The predicted octanol–water partition coefficient (Wildman–Crippen LogP) is 4.39. The van der Waals surface area contributed by atoms with Gasteiger partial charge in [-0.2, -0.15) is 0 Å². The van der Waals surface area contributed by atoms with E-state index in [1.165, 1.54) is 34.2 Å². The molecule has 1 aromatic carbocycles. The molecule has 0 aromatic heterocycles. The topological polar surface area (TPSA) is 17.1 Å². The van der Waals surface area contributed by atoms with Gasteiger partial charge in [0.05, 0.1) is 0 Å². The van der Waals surface area contributed by atoms with Crippen molar-refractivity contribution in [1.29, 1.82) is 0 Å². The van der Waals surface area contributed by atoms with Crippen LogP contribution in [0.25, 0.3) is 0 Å². The molecule has 0 unspecified atom stereocenters. The van der Waals surface area contributed by atoms with Gasteiger partial charge in [0.25, 0.3) is 0 Å². The monoisotopic (exact) mass is 256 g/mol. The molecule has 0 fully saturated rings. The van der Waals surface area contributed by atoms with Gasteiger partial charge in [-0.05, 0) is 65.3 Å². The summed E-state index contributed by atoms with van der Waals surface area (Å²) in [6.07, 6.45) is 3.02. The van der Waals surface area contributed by atoms with Crippen molar-refractivity contribution in [3.8, 4) is 0 Å². The smallest absolute Gasteiger partial charge is 0.164 e. The molecule has 2 aliphatic carbocycles. The lowest BCUT2D eigenvalue weighted by Crippen LogP contribution is -2.20. The molecule has 19 heavy (non-hydrogen) atoms. The van der Waals surface area contributed by atoms with Gasteiger partial charge in [0.2, 0.25) is 0 Å². The van der Waals surface area contributed by atoms with Gasteiger partial charge in [-0.25, -0.2) is 0 Å². The van der Waals surface area contributed by atoms with E-state index in [0.717, 1.165) is 12.0 Å². The second kappa shape index (κ2) is 3.50. The summed E-state index contributed by atoms with van der Waals surface area (Å²) in [5.41, 5.74) is 8.34. The van der Waals surface area contributed by atoms with Crippen molar-refractivity contribution in [3.05, 3.63) is 33.4 Å². The summed E-state index contributed by atoms with van der Waals surface area (Å²) >= 11 is 0. The third kappa shape index (κ3) is 1.50. The fraction of sp³-hybridized carbons (Fsp3) is 0.611. The first-order valence-corrected chi connectivity index (χ1v) is 7.37. The van der Waals surface area contributed by atoms with Gasteiger partial charge in [0, 0.05) is 12.0 Å². The number of hydrogen-bond acceptors (Lipinski definition) is 1. The Morgan fingerprint density at radius 1 is 0.895 bits per heavy atom. The van der Waals surface area contributed by atoms with Gasteiger partial charge in [0.1, 0.15) is 0 Å². The highest BCUT2D eigenvalue weighted by Gasteiger charge is 2.43. The Labute approximate surface area is 116 Å². The molecular weight excluding hydrogens is 232 g/mol. The highest BCUT2D eigenvalue weighted by molar-refractivity contribution is 6.04. The number of benzene rings is 1. The Morgan fingerprint density at radius 2 is 1.53 bits per heavy atom. The SMILES string of the molecule is Cc1c2c(c(C)c3c1C(=O)CC3(C)C)C(C)(C)CC2. The summed E-state index contributed by atoms with van der Waals surface area (Å²) in [4.78, 5) is 12.4. The van der Waals surface area contributed by atoms with E-state index in [2.05, 4.69) is 41.5 Å². The van der Waals surface area contributed by atoms with Crippen LogP contribution >= 0.6 is 0 Å². The van der Waals surface area contributed by atoms with Crippen molar-refractivity contribution < 1.29 is 4.79 Å². The molecule has 0 saturated heterocycles. The van der Waals surface area contributed by atoms with E-state index in [1.54, 1.807) is 0 Å². The number of carbonyl (C=O) groups is 1. The minimum absolute atomic E-state index is 0.00889. The molecule has 0 bridgehead atoms. The van der Waals surface area contributed by atoms with Gasteiger partial charge in [-0.3, -0.25) is 4.79 Å². The zero-order valence-corrected chi connectivity index (χ0v) is 13.0. The van der Waals surface area contributed by atoms with Crippen molar-refractivity contribution in [2.45, 2.75) is 71.6 Å². The predicted molar refractivity (Wildman–Crippen MR) is 79.2 cm³/mol. The van der Waals surface area contributed by atoms with Crippen LogP contribution in [0.2, 0.25) is 0 Å². The van der Waals surface area contributed by atoms with Gasteiger partial charge in [0.15, 0.2) is 5.78 Å². The van der Waals surface area contributed by atoms with Crippen LogP contribution in [0.3, 0.4) is 0 Å². The third-order valence-electron chi connectivity index (χ3n) is 5.36. The lowest BCUT2D eigenvalue weighted by atomic mass is 9.76. The number of fused-ring (bicyclic) bond motifs is 2. The van der Waals surface area contributed by atoms with Crippen LogP contribution in [0.1, 0.15) is 78.7 Å². The van der Waals surface area contributed by atoms with Crippen molar-refractivity contribution >= 4 is 5.78 Å². The molecule has 0 heterocycles. The van der Waals surface area contributed by atoms with Crippen LogP contribution < -0.4 is 0 Å². The van der Waals surface area contributed by atoms with Crippen LogP contribution in [0.4, 0.5) is 0 Å². The summed E-state index contributed by atoms with van der Waals surface area (Å²) in [5.74, 6) is 0.355. The lowest BCUT2D eigenvalue weighted by molar-refractivity contribution is 0.0979. The summed E-state index contributed by atoms with van der Waals surface area (Å²) in [6, 6.07) is 0. The Morgan fingerprint density at radius 3 is 2.16 bits per heavy atom. The van der Waals surface area contributed by atoms with E-state index >= 15 is 0 Å². The Bertz CT molecular complexity index is 603. The van der Waals surface area contributed by atoms with Crippen molar-refractivity contribution in [3.63, 3.8) is 0 Å². The molecule has 1 heteroatoms. The van der Waals surface area contributed by atoms with Crippen molar-refractivity contribution in [2.24, 2.45) is 0 Å². The van der Waals surface area contributed by atoms with Gasteiger partial charge in [-0.15, -0.1) is 0 Å². The number of ketones is 1. The van der Waals surface area contributed by atoms with Crippen LogP contribution in [0.5, 0.6) is 0 Å². The van der Waals surface area contributed by atoms with Crippen molar-refractivity contribution in [2.75, 3.05) is 0 Å². The molecule has 0 saturated carbocycles. The van der Waals surface area contributed by atoms with Gasteiger partial charge >= 0.3 is 0 Å². The number of hydrogen-bond donors (Lipinski definition) is 0. The molecule has 0 radical (unpaired) electrons. The molecule has 0 N–H and O–H groups in total. The normalized spacial score (nSPS) is 22.5. The fourth-order valence-electron chi connectivity index (χ4n) is 4.63. The number of carbonyl (C=O) groups excluding carboxylic acids is 1. The second-order valence-corrected chi connectivity index (χ2v) is 7.72. The first-order valence-electron chi connectivity index (χ1n) is 7.37. The molecule has 3 rings (SSSR count). The maximum Gasteiger partial charge on any atom is 0.164 e. The average Bonchev–Trinajstić information content (AvgIpc) is 2.70. The van der Waals surface area contributed by atoms with E-state index < -0.39 is 0 Å². The van der Waals surface area contributed by atoms with Crippen LogP contribution in [0.15, 0.2) is 0 Å². The summed E-state index contributed by atoms with van der Waals surface area (Å²) in [7, 11) is 0. The lowest BCUT2D eigenvalue weighted by Gasteiger charge is -2.28. The Balaban J connectivity index is 2.43. The fourth-order valence-corrected chi connectivity index (χ4v) is 4.63. The van der Waals surface area contributed by atoms with Gasteiger partial charge in [-0.1, -0.05) is 27.7 Å². The Kier molecular flexibility index (Phi) is 2.38. The largest absolute Gasteiger partial charge is 0.294 e. The van der Waals surface area contributed by atoms with E-state index in [4.69, 9.17) is 0 Å². The van der Waals surface area contributed by atoms with Crippen LogP contribution in [-0.4, -0.2) is 5.78 Å². The van der Waals surface area contributed by atoms with Crippen LogP contribution in [0, 0.1) is 13.8 Å². The molecule has 2 aliphatic rings. The molecule has 0 amide bonds. The van der Waals surface area contributed by atoms with Crippen molar-refractivity contribution in [1.82, 2.24) is 0 Å². The van der Waals surface area contributed by atoms with Crippen LogP contribution in [-0.2, 0) is 17.3 Å². The minimum Gasteiger partial charge on any atom is -0.294 e. The minimum atomic E-state index is 0.00889. The molecule has 1 nitrogen and oxygen atoms in total. The highest BCUT2D eigenvalue weighted by atomic mass is 16.1. The molecule has 0 aliphatic heterocycles. The number of rotatable bonds is 0. The standard InChI is InChI=1S/C18H24O/c1-10-12-7-8-17(3,4)15(12)11(2)16-14(10)13(19)9-18(16,5)6/h7-9H2,1-6H3. The quantitative estimate of drug-likeness (QED) is 0.672. The van der Waals surface area contributed by atoms with E-state index in [0.29, 0.717) is 12.2 Å². The van der Waals surface area contributed by atoms with E-state index in [1.807, 2.05) is 0 Å². The maximum atomic E-state index is 12.4. The molecule has 0 spiro atoms. The molecular formula is C18H24O. The van der Waals surface area contributed by atoms with Gasteiger partial charge < -0.3 is 0 Å². The highest BCUT2D eigenvalue weighted by Crippen LogP contribution is 2.50. The van der Waals surface area contributed by atoms with E-state index in [-0.39, 0.29) is 10.8 Å². The zero-order valence-electron chi connectivity index (χ0n) is 13.0. The molecule has 102 valence electrons. The number of Topliss-reactive ketones (excluding diaryl/α,β-unsaturated/α-hetero) is 1. The second-order valence-electron chi connectivity index (χ2n) is 7.72. The zero-order chi connectivity index (χ0) is 14.2. The first kappa shape index (κ1) is 12.9. The molecule has 0 atom stereocenters. The van der Waals surface area contributed by atoms with E-state index in [9.17, 15) is 4.79 Å². The summed E-state index contributed by atoms with van der Waals surface area (Å²) in [6.45, 7) is 13.5. The maximum absolute atomic E-state index is 12.4. The average molecular weight is 256 g/mol. The first-order chi connectivity index (χ1) is 8.67.